The van der Waals surface area contributed by atoms with Crippen LogP contribution in [0.15, 0.2) is 76.7 Å². The summed E-state index contributed by atoms with van der Waals surface area (Å²) in [6.45, 7) is 6.05. The second kappa shape index (κ2) is 8.91. The number of carbonyl (C=O) groups excluding carboxylic acids is 1. The van der Waals surface area contributed by atoms with Gasteiger partial charge in [-0.05, 0) is 49.1 Å². The number of nitrogens with zero attached hydrogens (tertiary/aromatic N) is 4. The molecule has 6 nitrogen and oxygen atoms in total. The molecule has 34 heavy (non-hydrogen) atoms. The fourth-order valence-corrected chi connectivity index (χ4v) is 5.11. The van der Waals surface area contributed by atoms with Gasteiger partial charge in [-0.3, -0.25) is 14.0 Å². The Morgan fingerprint density at radius 2 is 1.62 bits per heavy atom. The lowest BCUT2D eigenvalue weighted by Gasteiger charge is -2.15. The van der Waals surface area contributed by atoms with Crippen LogP contribution >= 0.6 is 11.8 Å². The molecule has 0 bridgehead atoms. The summed E-state index contributed by atoms with van der Waals surface area (Å²) in [4.78, 5) is 26.4. The summed E-state index contributed by atoms with van der Waals surface area (Å²) < 4.78 is 3.51. The lowest BCUT2D eigenvalue weighted by Crippen LogP contribution is -2.23. The van der Waals surface area contributed by atoms with Gasteiger partial charge in [-0.1, -0.05) is 73.3 Å². The lowest BCUT2D eigenvalue weighted by molar-refractivity contribution is 0.102. The van der Waals surface area contributed by atoms with Crippen LogP contribution in [-0.2, 0) is 6.42 Å². The molecule has 0 unspecified atom stereocenters. The monoisotopic (exact) mass is 468 g/mol. The Hall–Kier alpha value is -3.71. The number of carbonyl (C=O) groups is 1. The maximum atomic E-state index is 13.6. The van der Waals surface area contributed by atoms with E-state index in [9.17, 15) is 9.59 Å². The normalized spacial score (nSPS) is 11.4. The number of hydrogen-bond donors (Lipinski definition) is 0. The number of hydrogen-bond acceptors (Lipinski definition) is 5. The molecule has 0 saturated heterocycles. The lowest BCUT2D eigenvalue weighted by atomic mass is 10.1. The standard InChI is InChI=1S/C27H24N4O2S/c1-4-19-12-14-20(15-13-19)23(32)16-34-27-29-28-26-30(27)22-11-6-5-10-21(22)25(33)31(26)24-17(2)8-7-9-18(24)3/h5-15H,4,16H2,1-3H3. The zero-order valence-electron chi connectivity index (χ0n) is 19.3. The minimum absolute atomic E-state index is 0.0248. The Morgan fingerprint density at radius 1 is 0.912 bits per heavy atom. The van der Waals surface area contributed by atoms with Gasteiger partial charge in [0.15, 0.2) is 10.9 Å². The molecule has 0 aliphatic heterocycles. The Morgan fingerprint density at radius 3 is 2.32 bits per heavy atom. The summed E-state index contributed by atoms with van der Waals surface area (Å²) in [5.41, 5.74) is 5.21. The van der Waals surface area contributed by atoms with Crippen molar-refractivity contribution in [2.24, 2.45) is 0 Å². The fourth-order valence-electron chi connectivity index (χ4n) is 4.27. The van der Waals surface area contributed by atoms with Crippen LogP contribution in [0.5, 0.6) is 0 Å². The molecule has 0 spiro atoms. The number of Topliss-reactive ketones (excluding diaryl/α,β-unsaturated/α-hetero) is 1. The van der Waals surface area contributed by atoms with Gasteiger partial charge in [-0.15, -0.1) is 10.2 Å². The predicted molar refractivity (Wildman–Crippen MR) is 136 cm³/mol. The topological polar surface area (TPSA) is 69.3 Å². The van der Waals surface area contributed by atoms with Crippen LogP contribution in [0.25, 0.3) is 22.4 Å². The molecule has 0 atom stereocenters. The summed E-state index contributed by atoms with van der Waals surface area (Å²) in [7, 11) is 0. The van der Waals surface area contributed by atoms with E-state index < -0.39 is 0 Å². The Balaban J connectivity index is 1.63. The van der Waals surface area contributed by atoms with Gasteiger partial charge >= 0.3 is 0 Å². The molecule has 2 heterocycles. The zero-order chi connectivity index (χ0) is 23.8. The van der Waals surface area contributed by atoms with E-state index in [0.29, 0.717) is 21.9 Å². The van der Waals surface area contributed by atoms with E-state index in [1.807, 2.05) is 85.0 Å². The molecule has 3 aromatic carbocycles. The SMILES string of the molecule is CCc1ccc(C(=O)CSc2nnc3n(-c4c(C)cccc4C)c(=O)c4ccccc4n23)cc1. The van der Waals surface area contributed by atoms with Crippen molar-refractivity contribution in [3.05, 3.63) is 99.3 Å². The van der Waals surface area contributed by atoms with Crippen molar-refractivity contribution in [2.75, 3.05) is 5.75 Å². The van der Waals surface area contributed by atoms with Crippen LogP contribution in [0.4, 0.5) is 0 Å². The third kappa shape index (κ3) is 3.72. The molecule has 0 radical (unpaired) electrons. The van der Waals surface area contributed by atoms with E-state index >= 15 is 0 Å². The predicted octanol–water partition coefficient (Wildman–Crippen LogP) is 5.19. The number of para-hydroxylation sites is 2. The molecule has 5 rings (SSSR count). The third-order valence-corrected chi connectivity index (χ3v) is 7.00. The largest absolute Gasteiger partial charge is 0.293 e. The molecule has 0 saturated carbocycles. The van der Waals surface area contributed by atoms with Crippen molar-refractivity contribution in [2.45, 2.75) is 32.3 Å². The highest BCUT2D eigenvalue weighted by Crippen LogP contribution is 2.26. The highest BCUT2D eigenvalue weighted by Gasteiger charge is 2.20. The van der Waals surface area contributed by atoms with E-state index in [1.54, 1.807) is 4.57 Å². The Labute approximate surface area is 201 Å². The molecule has 7 heteroatoms. The van der Waals surface area contributed by atoms with Crippen LogP contribution < -0.4 is 5.56 Å². The number of aromatic nitrogens is 4. The molecule has 0 amide bonds. The van der Waals surface area contributed by atoms with Crippen LogP contribution in [0.2, 0.25) is 0 Å². The third-order valence-electron chi connectivity index (χ3n) is 6.07. The first kappa shape index (κ1) is 22.1. The van der Waals surface area contributed by atoms with Crippen LogP contribution in [0.1, 0.15) is 34.0 Å². The number of fused-ring (bicyclic) bond motifs is 3. The fraction of sp³-hybridized carbons (Fsp3) is 0.185. The Kier molecular flexibility index (Phi) is 5.79. The van der Waals surface area contributed by atoms with Crippen molar-refractivity contribution in [1.82, 2.24) is 19.2 Å². The van der Waals surface area contributed by atoms with Crippen LogP contribution in [0.3, 0.4) is 0 Å². The van der Waals surface area contributed by atoms with Crippen molar-refractivity contribution in [3.8, 4) is 5.69 Å². The summed E-state index contributed by atoms with van der Waals surface area (Å²) in [6, 6.07) is 21.1. The van der Waals surface area contributed by atoms with Gasteiger partial charge in [0.25, 0.3) is 5.56 Å². The van der Waals surface area contributed by atoms with Crippen LogP contribution in [-0.4, -0.2) is 30.7 Å². The van der Waals surface area contributed by atoms with Gasteiger partial charge in [0, 0.05) is 5.56 Å². The summed E-state index contributed by atoms with van der Waals surface area (Å²) in [6.07, 6.45) is 0.935. The van der Waals surface area contributed by atoms with Gasteiger partial charge in [-0.25, -0.2) is 4.57 Å². The molecule has 0 N–H and O–H groups in total. The second-order valence-electron chi connectivity index (χ2n) is 8.28. The van der Waals surface area contributed by atoms with Gasteiger partial charge in [0.2, 0.25) is 5.78 Å². The highest BCUT2D eigenvalue weighted by atomic mass is 32.2. The molecule has 2 aromatic heterocycles. The highest BCUT2D eigenvalue weighted by molar-refractivity contribution is 7.99. The van der Waals surface area contributed by atoms with Gasteiger partial charge in [0.1, 0.15) is 0 Å². The maximum Gasteiger partial charge on any atom is 0.267 e. The number of benzene rings is 3. The van der Waals surface area contributed by atoms with Crippen molar-refractivity contribution < 1.29 is 4.79 Å². The second-order valence-corrected chi connectivity index (χ2v) is 9.22. The van der Waals surface area contributed by atoms with Crippen molar-refractivity contribution >= 4 is 34.2 Å². The summed E-state index contributed by atoms with van der Waals surface area (Å²) >= 11 is 1.33. The molecule has 170 valence electrons. The molecular weight excluding hydrogens is 444 g/mol. The van der Waals surface area contributed by atoms with Crippen molar-refractivity contribution in [3.63, 3.8) is 0 Å². The number of ketones is 1. The average Bonchev–Trinajstić information content (AvgIpc) is 3.28. The van der Waals surface area contributed by atoms with E-state index in [0.717, 1.165) is 28.8 Å². The first-order valence-corrected chi connectivity index (χ1v) is 12.2. The number of aryl methyl sites for hydroxylation is 3. The molecular formula is C27H24N4O2S. The first-order chi connectivity index (χ1) is 16.5. The quantitative estimate of drug-likeness (QED) is 0.253. The smallest absolute Gasteiger partial charge is 0.267 e. The number of thioether (sulfide) groups is 1. The molecule has 0 aliphatic carbocycles. The van der Waals surface area contributed by atoms with E-state index in [4.69, 9.17) is 0 Å². The molecule has 0 aliphatic rings. The van der Waals surface area contributed by atoms with E-state index in [1.165, 1.54) is 17.3 Å². The summed E-state index contributed by atoms with van der Waals surface area (Å²) in [5, 5.41) is 9.94. The minimum atomic E-state index is -0.142. The molecule has 0 fully saturated rings. The number of rotatable bonds is 6. The average molecular weight is 469 g/mol. The van der Waals surface area contributed by atoms with Gasteiger partial charge in [-0.2, -0.15) is 0 Å². The van der Waals surface area contributed by atoms with E-state index in [2.05, 4.69) is 17.1 Å². The van der Waals surface area contributed by atoms with Gasteiger partial charge in [0.05, 0.1) is 22.3 Å². The van der Waals surface area contributed by atoms with E-state index in [-0.39, 0.29) is 17.1 Å². The molecule has 5 aromatic rings. The Bertz CT molecular complexity index is 1580. The van der Waals surface area contributed by atoms with Crippen LogP contribution in [0, 0.1) is 13.8 Å². The summed E-state index contributed by atoms with van der Waals surface area (Å²) in [5.74, 6) is 0.684. The van der Waals surface area contributed by atoms with Crippen molar-refractivity contribution in [1.29, 1.82) is 0 Å². The maximum absolute atomic E-state index is 13.6. The minimum Gasteiger partial charge on any atom is -0.293 e. The first-order valence-electron chi connectivity index (χ1n) is 11.2. The van der Waals surface area contributed by atoms with Gasteiger partial charge < -0.3 is 0 Å². The zero-order valence-corrected chi connectivity index (χ0v) is 20.1.